The van der Waals surface area contributed by atoms with E-state index in [4.69, 9.17) is 16.3 Å². The van der Waals surface area contributed by atoms with Gasteiger partial charge >= 0.3 is 0 Å². The first kappa shape index (κ1) is 9.07. The molecule has 0 unspecified atom stereocenters. The molecule has 0 saturated carbocycles. The van der Waals surface area contributed by atoms with Crippen molar-refractivity contribution in [2.45, 2.75) is 5.88 Å². The van der Waals surface area contributed by atoms with Gasteiger partial charge in [0.05, 0.1) is 5.88 Å². The van der Waals surface area contributed by atoms with Crippen molar-refractivity contribution in [2.24, 2.45) is 0 Å². The summed E-state index contributed by atoms with van der Waals surface area (Å²) in [6.45, 7) is 4.00. The number of pyridine rings is 1. The zero-order valence-electron chi connectivity index (χ0n) is 6.66. The van der Waals surface area contributed by atoms with Gasteiger partial charge in [-0.3, -0.25) is 0 Å². The summed E-state index contributed by atoms with van der Waals surface area (Å²) in [7, 11) is 0. The highest BCUT2D eigenvalue weighted by atomic mass is 35.5. The van der Waals surface area contributed by atoms with Gasteiger partial charge in [-0.25, -0.2) is 4.98 Å². The van der Waals surface area contributed by atoms with Crippen molar-refractivity contribution in [3.63, 3.8) is 0 Å². The van der Waals surface area contributed by atoms with E-state index in [9.17, 15) is 0 Å². The summed E-state index contributed by atoms with van der Waals surface area (Å²) in [6, 6.07) is 3.72. The topological polar surface area (TPSA) is 22.1 Å². The summed E-state index contributed by atoms with van der Waals surface area (Å²) in [5.74, 6) is 1.01. The Morgan fingerprint density at radius 3 is 3.17 bits per heavy atom. The highest BCUT2D eigenvalue weighted by Gasteiger charge is 2.00. The monoisotopic (exact) mass is 183 g/mol. The molecule has 1 rings (SSSR count). The fourth-order valence-corrected chi connectivity index (χ4v) is 0.997. The molecule has 1 heterocycles. The van der Waals surface area contributed by atoms with E-state index in [1.165, 1.54) is 0 Å². The third-order valence-corrected chi connectivity index (χ3v) is 1.62. The van der Waals surface area contributed by atoms with E-state index in [1.807, 2.05) is 12.1 Å². The number of alkyl halides is 1. The normalized spacial score (nSPS) is 9.42. The zero-order valence-corrected chi connectivity index (χ0v) is 7.42. The van der Waals surface area contributed by atoms with Gasteiger partial charge in [-0.15, -0.1) is 11.6 Å². The van der Waals surface area contributed by atoms with Gasteiger partial charge in [-0.2, -0.15) is 0 Å². The van der Waals surface area contributed by atoms with Gasteiger partial charge in [0.15, 0.2) is 0 Å². The Balaban J connectivity index is 2.74. The Kier molecular flexibility index (Phi) is 3.61. The maximum Gasteiger partial charge on any atom is 0.218 e. The highest BCUT2D eigenvalue weighted by Crippen LogP contribution is 2.15. The molecule has 0 atom stereocenters. The van der Waals surface area contributed by atoms with E-state index in [-0.39, 0.29) is 0 Å². The molecule has 1 aromatic rings. The number of aromatic nitrogens is 1. The summed E-state index contributed by atoms with van der Waals surface area (Å²) < 4.78 is 5.26. The van der Waals surface area contributed by atoms with Crippen molar-refractivity contribution in [1.29, 1.82) is 0 Å². The van der Waals surface area contributed by atoms with Crippen molar-refractivity contribution in [1.82, 2.24) is 4.98 Å². The second-order valence-corrected chi connectivity index (χ2v) is 2.47. The standard InChI is InChI=1S/C9H10ClNO/c1-2-6-12-9-8(7-10)4-3-5-11-9/h2-5H,1,6-7H2. The lowest BCUT2D eigenvalue weighted by atomic mass is 10.3. The molecule has 2 nitrogen and oxygen atoms in total. The van der Waals surface area contributed by atoms with E-state index >= 15 is 0 Å². The lowest BCUT2D eigenvalue weighted by Crippen LogP contribution is -1.98. The number of halogens is 1. The SMILES string of the molecule is C=CCOc1ncccc1CCl. The average Bonchev–Trinajstić information content (AvgIpc) is 2.15. The Labute approximate surface area is 76.8 Å². The zero-order chi connectivity index (χ0) is 8.81. The van der Waals surface area contributed by atoms with Crippen LogP contribution >= 0.6 is 11.6 Å². The first-order valence-corrected chi connectivity index (χ1v) is 4.15. The van der Waals surface area contributed by atoms with Gasteiger partial charge in [0.2, 0.25) is 5.88 Å². The molecule has 0 amide bonds. The third kappa shape index (κ3) is 2.24. The highest BCUT2D eigenvalue weighted by molar-refractivity contribution is 6.17. The number of hydrogen-bond acceptors (Lipinski definition) is 2. The quantitative estimate of drug-likeness (QED) is 0.528. The fourth-order valence-electron chi connectivity index (χ4n) is 0.794. The van der Waals surface area contributed by atoms with Gasteiger partial charge in [-0.05, 0) is 6.07 Å². The number of nitrogens with zero attached hydrogens (tertiary/aromatic N) is 1. The molecule has 1 aromatic heterocycles. The van der Waals surface area contributed by atoms with Crippen LogP contribution in [0.2, 0.25) is 0 Å². The van der Waals surface area contributed by atoms with Crippen LogP contribution in [0.1, 0.15) is 5.56 Å². The second kappa shape index (κ2) is 4.78. The Morgan fingerprint density at radius 2 is 2.50 bits per heavy atom. The predicted molar refractivity (Wildman–Crippen MR) is 49.5 cm³/mol. The molecule has 0 aliphatic carbocycles. The van der Waals surface area contributed by atoms with Gasteiger partial charge in [0.1, 0.15) is 6.61 Å². The number of ether oxygens (including phenoxy) is 1. The van der Waals surface area contributed by atoms with Crippen LogP contribution in [0.25, 0.3) is 0 Å². The lowest BCUT2D eigenvalue weighted by Gasteiger charge is -2.04. The molecule has 12 heavy (non-hydrogen) atoms. The van der Waals surface area contributed by atoms with Gasteiger partial charge in [-0.1, -0.05) is 18.7 Å². The predicted octanol–water partition coefficient (Wildman–Crippen LogP) is 2.39. The van der Waals surface area contributed by atoms with Crippen molar-refractivity contribution >= 4 is 11.6 Å². The van der Waals surface area contributed by atoms with E-state index in [2.05, 4.69) is 11.6 Å². The molecule has 0 aliphatic heterocycles. The van der Waals surface area contributed by atoms with Gasteiger partial charge < -0.3 is 4.74 Å². The van der Waals surface area contributed by atoms with E-state index < -0.39 is 0 Å². The maximum atomic E-state index is 5.67. The summed E-state index contributed by atoms with van der Waals surface area (Å²) in [5.41, 5.74) is 0.904. The second-order valence-electron chi connectivity index (χ2n) is 2.20. The molecular formula is C9H10ClNO. The Hall–Kier alpha value is -1.02. The molecule has 0 saturated heterocycles. The van der Waals surface area contributed by atoms with Gasteiger partial charge in [0, 0.05) is 11.8 Å². The Morgan fingerprint density at radius 1 is 1.67 bits per heavy atom. The molecular weight excluding hydrogens is 174 g/mol. The van der Waals surface area contributed by atoms with Crippen LogP contribution in [0.15, 0.2) is 31.0 Å². The van der Waals surface area contributed by atoms with Crippen molar-refractivity contribution in [3.05, 3.63) is 36.5 Å². The first-order chi connectivity index (χ1) is 5.88. The summed E-state index contributed by atoms with van der Waals surface area (Å²) in [4.78, 5) is 4.03. The minimum absolute atomic E-state index is 0.417. The smallest absolute Gasteiger partial charge is 0.218 e. The molecule has 0 aromatic carbocycles. The minimum atomic E-state index is 0.417. The van der Waals surface area contributed by atoms with Crippen LogP contribution in [-0.4, -0.2) is 11.6 Å². The lowest BCUT2D eigenvalue weighted by molar-refractivity contribution is 0.345. The molecule has 0 bridgehead atoms. The largest absolute Gasteiger partial charge is 0.473 e. The molecule has 3 heteroatoms. The van der Waals surface area contributed by atoms with E-state index in [1.54, 1.807) is 12.3 Å². The van der Waals surface area contributed by atoms with Crippen LogP contribution in [0.4, 0.5) is 0 Å². The van der Waals surface area contributed by atoms with Gasteiger partial charge in [0.25, 0.3) is 0 Å². The van der Waals surface area contributed by atoms with Crippen LogP contribution in [-0.2, 0) is 5.88 Å². The third-order valence-electron chi connectivity index (χ3n) is 1.33. The molecule has 0 fully saturated rings. The fraction of sp³-hybridized carbons (Fsp3) is 0.222. The number of rotatable bonds is 4. The van der Waals surface area contributed by atoms with Crippen LogP contribution < -0.4 is 4.74 Å². The number of hydrogen-bond donors (Lipinski definition) is 0. The van der Waals surface area contributed by atoms with Crippen LogP contribution in [0.5, 0.6) is 5.88 Å². The summed E-state index contributed by atoms with van der Waals surface area (Å²) >= 11 is 5.67. The average molecular weight is 184 g/mol. The molecule has 0 N–H and O–H groups in total. The summed E-state index contributed by atoms with van der Waals surface area (Å²) in [5, 5.41) is 0. The molecule has 0 spiro atoms. The molecule has 64 valence electrons. The first-order valence-electron chi connectivity index (χ1n) is 3.62. The van der Waals surface area contributed by atoms with E-state index in [0.717, 1.165) is 5.56 Å². The maximum absolute atomic E-state index is 5.67. The van der Waals surface area contributed by atoms with Crippen molar-refractivity contribution in [2.75, 3.05) is 6.61 Å². The summed E-state index contributed by atoms with van der Waals surface area (Å²) in [6.07, 6.45) is 3.35. The minimum Gasteiger partial charge on any atom is -0.473 e. The Bertz CT molecular complexity index is 262. The van der Waals surface area contributed by atoms with Crippen LogP contribution in [0, 0.1) is 0 Å². The van der Waals surface area contributed by atoms with Crippen molar-refractivity contribution in [3.8, 4) is 5.88 Å². The molecule has 0 aliphatic rings. The van der Waals surface area contributed by atoms with Crippen LogP contribution in [0.3, 0.4) is 0 Å². The van der Waals surface area contributed by atoms with E-state index in [0.29, 0.717) is 18.4 Å². The van der Waals surface area contributed by atoms with Crippen molar-refractivity contribution < 1.29 is 4.74 Å². The molecule has 0 radical (unpaired) electrons.